The Morgan fingerprint density at radius 2 is 1.93 bits per heavy atom. The van der Waals surface area contributed by atoms with Crippen molar-refractivity contribution in [3.8, 4) is 0 Å². The van der Waals surface area contributed by atoms with Gasteiger partial charge in [0.25, 0.3) is 0 Å². The van der Waals surface area contributed by atoms with Crippen LogP contribution in [0.25, 0.3) is 0 Å². The summed E-state index contributed by atoms with van der Waals surface area (Å²) < 4.78 is 13.6. The zero-order valence-corrected chi connectivity index (χ0v) is 17.6. The Balaban J connectivity index is 1.79. The predicted octanol–water partition coefficient (Wildman–Crippen LogP) is 1.59. The molecule has 1 heterocycles. The molecule has 7 nitrogen and oxygen atoms in total. The highest BCUT2D eigenvalue weighted by Gasteiger charge is 2.30. The maximum absolute atomic E-state index is 13.6. The number of rotatable bonds is 8. The number of nitrogens with two attached hydrogens (primary N) is 1. The highest BCUT2D eigenvalue weighted by molar-refractivity contribution is 7.98. The van der Waals surface area contributed by atoms with E-state index in [1.165, 1.54) is 18.2 Å². The summed E-state index contributed by atoms with van der Waals surface area (Å²) in [5, 5.41) is 5.15. The summed E-state index contributed by atoms with van der Waals surface area (Å²) in [6, 6.07) is 4.54. The normalized spacial score (nSPS) is 16.8. The second-order valence-corrected chi connectivity index (χ2v) is 8.17. The first-order chi connectivity index (χ1) is 13.8. The molecule has 2 rings (SSSR count). The van der Waals surface area contributed by atoms with Gasteiger partial charge < -0.3 is 21.3 Å². The van der Waals surface area contributed by atoms with Crippen LogP contribution >= 0.6 is 11.8 Å². The van der Waals surface area contributed by atoms with Gasteiger partial charge in [0.15, 0.2) is 0 Å². The predicted molar refractivity (Wildman–Crippen MR) is 113 cm³/mol. The number of likely N-dealkylation sites (tertiary alicyclic amines) is 1. The van der Waals surface area contributed by atoms with E-state index in [0.717, 1.165) is 5.75 Å². The van der Waals surface area contributed by atoms with Crippen molar-refractivity contribution in [2.24, 2.45) is 11.7 Å². The Bertz CT molecular complexity index is 725. The molecule has 0 aliphatic carbocycles. The van der Waals surface area contributed by atoms with E-state index in [1.807, 2.05) is 6.26 Å². The topological polar surface area (TPSA) is 105 Å². The number of halogens is 1. The van der Waals surface area contributed by atoms with Crippen LogP contribution in [0.15, 0.2) is 24.3 Å². The van der Waals surface area contributed by atoms with E-state index in [9.17, 15) is 18.8 Å². The molecule has 0 spiro atoms. The van der Waals surface area contributed by atoms with Gasteiger partial charge in [-0.2, -0.15) is 11.8 Å². The number of nitrogens with zero attached hydrogens (tertiary/aromatic N) is 1. The number of nitrogens with one attached hydrogen (secondary N) is 2. The Kier molecular flexibility index (Phi) is 8.91. The van der Waals surface area contributed by atoms with E-state index in [1.54, 1.807) is 29.7 Å². The molecule has 0 radical (unpaired) electrons. The number of thioether (sulfide) groups is 1. The van der Waals surface area contributed by atoms with Gasteiger partial charge in [-0.15, -0.1) is 0 Å². The minimum Gasteiger partial charge on any atom is -0.344 e. The van der Waals surface area contributed by atoms with Gasteiger partial charge >= 0.3 is 0 Å². The smallest absolute Gasteiger partial charge is 0.246 e. The number of hydrogen-bond donors (Lipinski definition) is 3. The number of para-hydroxylation sites is 1. The number of benzene rings is 1. The van der Waals surface area contributed by atoms with Crippen molar-refractivity contribution in [2.75, 3.05) is 30.4 Å². The van der Waals surface area contributed by atoms with E-state index in [2.05, 4.69) is 10.6 Å². The Labute approximate surface area is 175 Å². The highest BCUT2D eigenvalue weighted by Crippen LogP contribution is 2.19. The van der Waals surface area contributed by atoms with Crippen LogP contribution in [0, 0.1) is 11.7 Å². The quantitative estimate of drug-likeness (QED) is 0.588. The molecule has 0 bridgehead atoms. The number of carbonyl (C=O) groups is 3. The molecule has 3 amide bonds. The lowest BCUT2D eigenvalue weighted by Gasteiger charge is -2.33. The zero-order chi connectivity index (χ0) is 21.4. The summed E-state index contributed by atoms with van der Waals surface area (Å²) in [4.78, 5) is 38.8. The van der Waals surface area contributed by atoms with Crippen LogP contribution in [-0.2, 0) is 14.4 Å². The number of piperidine rings is 1. The summed E-state index contributed by atoms with van der Waals surface area (Å²) in [5.74, 6) is -0.776. The van der Waals surface area contributed by atoms with Crippen LogP contribution in [0.2, 0.25) is 0 Å². The van der Waals surface area contributed by atoms with Gasteiger partial charge in [-0.1, -0.05) is 12.1 Å². The summed E-state index contributed by atoms with van der Waals surface area (Å²) in [6.07, 6.45) is 3.65. The van der Waals surface area contributed by atoms with Gasteiger partial charge in [0.05, 0.1) is 11.7 Å². The molecular weight excluding hydrogens is 395 g/mol. The highest BCUT2D eigenvalue weighted by atomic mass is 32.2. The second kappa shape index (κ2) is 11.2. The van der Waals surface area contributed by atoms with Gasteiger partial charge in [-0.3, -0.25) is 14.4 Å². The van der Waals surface area contributed by atoms with Crippen molar-refractivity contribution in [2.45, 2.75) is 38.3 Å². The maximum atomic E-state index is 13.6. The number of amides is 3. The van der Waals surface area contributed by atoms with Gasteiger partial charge in [0.1, 0.15) is 11.9 Å². The Hall–Kier alpha value is -2.13. The van der Waals surface area contributed by atoms with Crippen LogP contribution in [0.3, 0.4) is 0 Å². The molecular formula is C20H29FN4O3S. The van der Waals surface area contributed by atoms with Gasteiger partial charge in [0, 0.05) is 19.0 Å². The third-order valence-electron chi connectivity index (χ3n) is 5.01. The van der Waals surface area contributed by atoms with E-state index in [-0.39, 0.29) is 23.4 Å². The lowest BCUT2D eigenvalue weighted by atomic mass is 9.95. The van der Waals surface area contributed by atoms with Gasteiger partial charge in [0.2, 0.25) is 17.7 Å². The van der Waals surface area contributed by atoms with Crippen molar-refractivity contribution in [3.05, 3.63) is 30.1 Å². The third-order valence-corrected chi connectivity index (χ3v) is 5.66. The molecule has 2 atom stereocenters. The molecule has 9 heteroatoms. The number of carbonyl (C=O) groups excluding carboxylic acids is 3. The minimum absolute atomic E-state index is 0.0724. The molecule has 29 heavy (non-hydrogen) atoms. The van der Waals surface area contributed by atoms with Crippen LogP contribution < -0.4 is 16.4 Å². The van der Waals surface area contributed by atoms with Gasteiger partial charge in [-0.05, 0) is 50.3 Å². The molecule has 0 aromatic heterocycles. The fourth-order valence-corrected chi connectivity index (χ4v) is 3.65. The molecule has 1 aliphatic rings. The first kappa shape index (κ1) is 23.2. The third kappa shape index (κ3) is 6.71. The van der Waals surface area contributed by atoms with E-state index < -0.39 is 23.8 Å². The first-order valence-corrected chi connectivity index (χ1v) is 11.1. The standard InChI is InChI=1S/C20H29FN4O3S/c1-13(18(26)24-17-6-4-3-5-15(17)21)23-19(27)14-7-10-25(11-8-14)20(28)16(22)9-12-29-2/h3-6,13-14,16H,7-12,22H2,1-2H3,(H,23,27)(H,24,26)/t13-,16-/m0/s1. The second-order valence-electron chi connectivity index (χ2n) is 7.19. The summed E-state index contributed by atoms with van der Waals surface area (Å²) in [5.41, 5.74) is 6.02. The lowest BCUT2D eigenvalue weighted by Crippen LogP contribution is -2.50. The average Bonchev–Trinajstić information content (AvgIpc) is 2.73. The van der Waals surface area contributed by atoms with E-state index in [0.29, 0.717) is 32.4 Å². The van der Waals surface area contributed by atoms with Crippen molar-refractivity contribution in [1.29, 1.82) is 0 Å². The first-order valence-electron chi connectivity index (χ1n) is 9.72. The van der Waals surface area contributed by atoms with Crippen LogP contribution in [-0.4, -0.2) is 59.8 Å². The van der Waals surface area contributed by atoms with Crippen molar-refractivity contribution < 1.29 is 18.8 Å². The molecule has 0 unspecified atom stereocenters. The van der Waals surface area contributed by atoms with Crippen molar-refractivity contribution >= 4 is 35.2 Å². The molecule has 1 aromatic carbocycles. The SMILES string of the molecule is CSCC[C@H](N)C(=O)N1CCC(C(=O)N[C@@H](C)C(=O)Nc2ccccc2F)CC1. The summed E-state index contributed by atoms with van der Waals surface area (Å²) in [7, 11) is 0. The Morgan fingerprint density at radius 1 is 1.28 bits per heavy atom. The molecule has 160 valence electrons. The molecule has 1 aromatic rings. The van der Waals surface area contributed by atoms with Gasteiger partial charge in [-0.25, -0.2) is 4.39 Å². The van der Waals surface area contributed by atoms with Crippen molar-refractivity contribution in [1.82, 2.24) is 10.2 Å². The van der Waals surface area contributed by atoms with Crippen LogP contribution in [0.4, 0.5) is 10.1 Å². The minimum atomic E-state index is -0.804. The van der Waals surface area contributed by atoms with Crippen molar-refractivity contribution in [3.63, 3.8) is 0 Å². The molecule has 0 saturated carbocycles. The Morgan fingerprint density at radius 3 is 2.55 bits per heavy atom. The van der Waals surface area contributed by atoms with Crippen LogP contribution in [0.5, 0.6) is 0 Å². The molecule has 1 fully saturated rings. The largest absolute Gasteiger partial charge is 0.344 e. The van der Waals surface area contributed by atoms with Crippen LogP contribution in [0.1, 0.15) is 26.2 Å². The number of hydrogen-bond acceptors (Lipinski definition) is 5. The fourth-order valence-electron chi connectivity index (χ4n) is 3.17. The summed E-state index contributed by atoms with van der Waals surface area (Å²) in [6.45, 7) is 2.50. The monoisotopic (exact) mass is 424 g/mol. The zero-order valence-electron chi connectivity index (χ0n) is 16.8. The van der Waals surface area contributed by atoms with E-state index in [4.69, 9.17) is 5.73 Å². The fraction of sp³-hybridized carbons (Fsp3) is 0.550. The molecule has 1 saturated heterocycles. The molecule has 1 aliphatic heterocycles. The maximum Gasteiger partial charge on any atom is 0.246 e. The molecule has 4 N–H and O–H groups in total. The summed E-state index contributed by atoms with van der Waals surface area (Å²) >= 11 is 1.65. The van der Waals surface area contributed by atoms with E-state index >= 15 is 0 Å². The lowest BCUT2D eigenvalue weighted by molar-refractivity contribution is -0.137. The average molecular weight is 425 g/mol. The number of anilines is 1.